The number of rotatable bonds is 7. The molecule has 0 aliphatic heterocycles. The highest BCUT2D eigenvalue weighted by atomic mass is 28.2. The van der Waals surface area contributed by atoms with Crippen LogP contribution in [0.4, 0.5) is 17.6 Å². The summed E-state index contributed by atoms with van der Waals surface area (Å²) in [6, 6.07) is 0.979. The topological polar surface area (TPSA) is 18.5 Å². The normalized spacial score (nSPS) is 13.5. The molecule has 0 N–H and O–H groups in total. The maximum absolute atomic E-state index is 11.3. The minimum absolute atomic E-state index is 0.489. The fourth-order valence-corrected chi connectivity index (χ4v) is 2.87. The van der Waals surface area contributed by atoms with Gasteiger partial charge >= 0.3 is 13.2 Å². The van der Waals surface area contributed by atoms with Crippen molar-refractivity contribution in [2.45, 2.75) is 25.3 Å². The summed E-state index contributed by atoms with van der Waals surface area (Å²) in [5, 5.41) is 0. The zero-order valence-electron chi connectivity index (χ0n) is 6.31. The Balaban J connectivity index is 2.91. The second-order valence-electron chi connectivity index (χ2n) is 1.97. The second kappa shape index (κ2) is 7.71. The highest BCUT2D eigenvalue weighted by Crippen LogP contribution is 1.99. The average molecular weight is 222 g/mol. The molecule has 0 spiro atoms. The van der Waals surface area contributed by atoms with Gasteiger partial charge in [0.1, 0.15) is 0 Å². The van der Waals surface area contributed by atoms with E-state index < -0.39 is 32.7 Å². The van der Waals surface area contributed by atoms with Crippen molar-refractivity contribution in [3.05, 3.63) is 0 Å². The van der Waals surface area contributed by atoms with E-state index in [9.17, 15) is 17.6 Å². The Labute approximate surface area is 72.1 Å². The van der Waals surface area contributed by atoms with E-state index in [1.54, 1.807) is 0 Å². The molecule has 0 aromatic rings. The van der Waals surface area contributed by atoms with Crippen molar-refractivity contribution in [3.8, 4) is 0 Å². The van der Waals surface area contributed by atoms with E-state index in [0.29, 0.717) is 12.1 Å². The highest BCUT2D eigenvalue weighted by molar-refractivity contribution is 6.34. The van der Waals surface area contributed by atoms with Crippen LogP contribution in [-0.2, 0) is 8.85 Å². The van der Waals surface area contributed by atoms with Gasteiger partial charge in [-0.05, 0) is 12.1 Å². The first-order valence-electron chi connectivity index (χ1n) is 3.42. The quantitative estimate of drug-likeness (QED) is 0.354. The van der Waals surface area contributed by atoms with Crippen LogP contribution < -0.4 is 0 Å². The van der Waals surface area contributed by atoms with Gasteiger partial charge in [0.05, 0.1) is 0 Å². The van der Waals surface area contributed by atoms with E-state index in [-0.39, 0.29) is 0 Å². The fraction of sp³-hybridized carbons (Fsp3) is 1.00. The van der Waals surface area contributed by atoms with Crippen LogP contribution in [-0.4, -0.2) is 32.7 Å². The van der Waals surface area contributed by atoms with Gasteiger partial charge in [-0.25, -0.2) is 0 Å². The molecule has 0 saturated carbocycles. The molecule has 0 saturated heterocycles. The standard InChI is InChI=1S/C4H10F4O2Si2/c5-3(6)9-11-1-2-12-10-4(7)8/h3-4H,1-2,11-12H2. The van der Waals surface area contributed by atoms with Crippen LogP contribution in [0.2, 0.25) is 12.1 Å². The van der Waals surface area contributed by atoms with Gasteiger partial charge in [0.15, 0.2) is 19.5 Å². The van der Waals surface area contributed by atoms with Gasteiger partial charge in [-0.2, -0.15) is 17.6 Å². The lowest BCUT2D eigenvalue weighted by atomic mass is 11.0. The van der Waals surface area contributed by atoms with Crippen LogP contribution in [0, 0.1) is 0 Å². The predicted octanol–water partition coefficient (Wildman–Crippen LogP) is 0.469. The summed E-state index contributed by atoms with van der Waals surface area (Å²) in [4.78, 5) is 0. The fourth-order valence-electron chi connectivity index (χ4n) is 0.549. The molecule has 0 radical (unpaired) electrons. The Hall–Kier alpha value is 0.0738. The molecule has 0 aliphatic rings. The molecule has 0 aromatic carbocycles. The van der Waals surface area contributed by atoms with Crippen molar-refractivity contribution >= 4 is 19.5 Å². The van der Waals surface area contributed by atoms with Gasteiger partial charge in [-0.1, -0.05) is 0 Å². The third kappa shape index (κ3) is 10.1. The molecule has 0 unspecified atom stereocenters. The maximum atomic E-state index is 11.3. The first kappa shape index (κ1) is 12.1. The number of halogens is 4. The summed E-state index contributed by atoms with van der Waals surface area (Å²) in [7, 11) is -2.44. The molecule has 12 heavy (non-hydrogen) atoms. The first-order chi connectivity index (χ1) is 5.63. The van der Waals surface area contributed by atoms with E-state index in [1.807, 2.05) is 0 Å². The van der Waals surface area contributed by atoms with Crippen molar-refractivity contribution in [2.75, 3.05) is 0 Å². The van der Waals surface area contributed by atoms with E-state index in [4.69, 9.17) is 0 Å². The van der Waals surface area contributed by atoms with Crippen molar-refractivity contribution in [1.29, 1.82) is 0 Å². The molecule has 0 amide bonds. The zero-order chi connectivity index (χ0) is 9.40. The number of alkyl halides is 4. The molecule has 0 aliphatic carbocycles. The Kier molecular flexibility index (Phi) is 7.76. The largest absolute Gasteiger partial charge is 0.372 e. The molecule has 0 rings (SSSR count). The summed E-state index contributed by atoms with van der Waals surface area (Å²) in [5.41, 5.74) is 0. The van der Waals surface area contributed by atoms with Gasteiger partial charge in [0, 0.05) is 0 Å². The average Bonchev–Trinajstić information content (AvgIpc) is 1.95. The minimum atomic E-state index is -2.71. The molecule has 0 bridgehead atoms. The summed E-state index contributed by atoms with van der Waals surface area (Å²) in [6.45, 7) is -5.43. The lowest BCUT2D eigenvalue weighted by molar-refractivity contribution is -0.0509. The summed E-state index contributed by atoms with van der Waals surface area (Å²) in [5.74, 6) is 0. The van der Waals surface area contributed by atoms with E-state index in [2.05, 4.69) is 8.85 Å². The van der Waals surface area contributed by atoms with E-state index >= 15 is 0 Å². The third-order valence-electron chi connectivity index (χ3n) is 1.03. The van der Waals surface area contributed by atoms with Gasteiger partial charge in [0.25, 0.3) is 0 Å². The van der Waals surface area contributed by atoms with Crippen LogP contribution in [0.25, 0.3) is 0 Å². The number of hydrogen-bond acceptors (Lipinski definition) is 2. The highest BCUT2D eigenvalue weighted by Gasteiger charge is 2.03. The lowest BCUT2D eigenvalue weighted by Gasteiger charge is -2.02. The van der Waals surface area contributed by atoms with Crippen molar-refractivity contribution in [3.63, 3.8) is 0 Å². The second-order valence-corrected chi connectivity index (χ2v) is 4.87. The molecule has 2 nitrogen and oxygen atoms in total. The third-order valence-corrected chi connectivity index (χ3v) is 4.58. The Bertz CT molecular complexity index is 93.1. The molecular weight excluding hydrogens is 212 g/mol. The molecule has 0 atom stereocenters. The van der Waals surface area contributed by atoms with Gasteiger partial charge in [-0.15, -0.1) is 0 Å². The molecule has 0 aromatic heterocycles. The van der Waals surface area contributed by atoms with Crippen molar-refractivity contribution in [2.24, 2.45) is 0 Å². The van der Waals surface area contributed by atoms with Crippen LogP contribution in [0.15, 0.2) is 0 Å². The van der Waals surface area contributed by atoms with Crippen LogP contribution in [0.1, 0.15) is 0 Å². The SMILES string of the molecule is FC(F)O[SiH2]CC[SiH2]OC(F)F. The van der Waals surface area contributed by atoms with Crippen LogP contribution in [0.3, 0.4) is 0 Å². The Morgan fingerprint density at radius 3 is 1.42 bits per heavy atom. The molecule has 8 heteroatoms. The van der Waals surface area contributed by atoms with E-state index in [1.165, 1.54) is 0 Å². The zero-order valence-corrected chi connectivity index (χ0v) is 9.14. The molecule has 0 fully saturated rings. The van der Waals surface area contributed by atoms with Gasteiger partial charge in [-0.3, -0.25) is 0 Å². The monoisotopic (exact) mass is 222 g/mol. The van der Waals surface area contributed by atoms with Crippen molar-refractivity contribution < 1.29 is 26.4 Å². The smallest absolute Gasteiger partial charge is 0.335 e. The molecular formula is C4H10F4O2Si2. The van der Waals surface area contributed by atoms with Crippen LogP contribution >= 0.6 is 0 Å². The molecule has 0 heterocycles. The minimum Gasteiger partial charge on any atom is -0.372 e. The molecule has 74 valence electrons. The number of hydrogen-bond donors (Lipinski definition) is 0. The van der Waals surface area contributed by atoms with Gasteiger partial charge in [0.2, 0.25) is 0 Å². The Morgan fingerprint density at radius 1 is 0.833 bits per heavy atom. The maximum Gasteiger partial charge on any atom is 0.335 e. The first-order valence-corrected chi connectivity index (χ1v) is 6.58. The van der Waals surface area contributed by atoms with Crippen LogP contribution in [0.5, 0.6) is 0 Å². The van der Waals surface area contributed by atoms with Crippen molar-refractivity contribution in [1.82, 2.24) is 0 Å². The summed E-state index contributed by atoms with van der Waals surface area (Å²) < 4.78 is 53.4. The summed E-state index contributed by atoms with van der Waals surface area (Å²) >= 11 is 0. The Morgan fingerprint density at radius 2 is 1.17 bits per heavy atom. The van der Waals surface area contributed by atoms with E-state index in [0.717, 1.165) is 0 Å². The van der Waals surface area contributed by atoms with Gasteiger partial charge < -0.3 is 8.85 Å². The summed E-state index contributed by atoms with van der Waals surface area (Å²) in [6.07, 6.45) is 0. The predicted molar refractivity (Wildman–Crippen MR) is 40.9 cm³/mol. The lowest BCUT2D eigenvalue weighted by Crippen LogP contribution is -2.08.